The number of carbonyl (C=O) groups is 1. The number of carbonyl (C=O) groups excluding carboxylic acids is 1. The molecule has 24 heavy (non-hydrogen) atoms. The van der Waals surface area contributed by atoms with Gasteiger partial charge in [-0.1, -0.05) is 23.4 Å². The fourth-order valence-electron chi connectivity index (χ4n) is 2.06. The predicted molar refractivity (Wildman–Crippen MR) is 97.6 cm³/mol. The van der Waals surface area contributed by atoms with Crippen LogP contribution in [0.1, 0.15) is 6.92 Å². The summed E-state index contributed by atoms with van der Waals surface area (Å²) in [5.41, 5.74) is 0.938. The van der Waals surface area contributed by atoms with E-state index in [2.05, 4.69) is 20.5 Å². The number of thioether (sulfide) groups is 1. The largest absolute Gasteiger partial charge is 0.302 e. The zero-order valence-corrected chi connectivity index (χ0v) is 15.2. The summed E-state index contributed by atoms with van der Waals surface area (Å²) in [7, 11) is 0. The van der Waals surface area contributed by atoms with Crippen LogP contribution in [-0.4, -0.2) is 31.4 Å². The molecule has 9 heteroatoms. The van der Waals surface area contributed by atoms with E-state index in [1.165, 1.54) is 23.1 Å². The molecule has 0 aliphatic rings. The monoisotopic (exact) mass is 379 g/mol. The van der Waals surface area contributed by atoms with Gasteiger partial charge in [0.05, 0.1) is 5.75 Å². The molecule has 0 saturated heterocycles. The summed E-state index contributed by atoms with van der Waals surface area (Å²) in [5, 5.41) is 15.0. The van der Waals surface area contributed by atoms with E-state index in [0.29, 0.717) is 21.9 Å². The van der Waals surface area contributed by atoms with Gasteiger partial charge in [-0.05, 0) is 31.2 Å². The van der Waals surface area contributed by atoms with Gasteiger partial charge in [-0.25, -0.2) is 4.98 Å². The molecule has 0 saturated carbocycles. The van der Waals surface area contributed by atoms with Crippen molar-refractivity contribution in [3.05, 3.63) is 40.9 Å². The third kappa shape index (κ3) is 3.95. The Morgan fingerprint density at radius 1 is 1.33 bits per heavy atom. The number of nitrogens with one attached hydrogen (secondary N) is 1. The number of aromatic nitrogens is 4. The molecule has 0 fully saturated rings. The lowest BCUT2D eigenvalue weighted by Gasteiger charge is -2.07. The molecule has 0 aliphatic carbocycles. The number of thiazole rings is 1. The fourth-order valence-corrected chi connectivity index (χ4v) is 3.54. The number of rotatable bonds is 6. The van der Waals surface area contributed by atoms with Crippen LogP contribution in [0.4, 0.5) is 5.13 Å². The first-order valence-electron chi connectivity index (χ1n) is 7.18. The topological polar surface area (TPSA) is 72.7 Å². The van der Waals surface area contributed by atoms with Gasteiger partial charge in [0.2, 0.25) is 5.91 Å². The second-order valence-corrected chi connectivity index (χ2v) is 7.00. The molecular formula is C15H14ClN5OS2. The molecular weight excluding hydrogens is 366 g/mol. The van der Waals surface area contributed by atoms with Gasteiger partial charge in [0, 0.05) is 28.7 Å². The van der Waals surface area contributed by atoms with E-state index in [4.69, 9.17) is 11.6 Å². The number of nitrogens with zero attached hydrogens (tertiary/aromatic N) is 4. The SMILES string of the molecule is CCn1c(SCC(=O)Nc2nccs2)nnc1-c1ccc(Cl)cc1. The molecule has 6 nitrogen and oxygen atoms in total. The highest BCUT2D eigenvalue weighted by Crippen LogP contribution is 2.25. The number of halogens is 1. The first kappa shape index (κ1) is 16.9. The van der Waals surface area contributed by atoms with Crippen LogP contribution in [0.15, 0.2) is 41.0 Å². The molecule has 0 aliphatic heterocycles. The predicted octanol–water partition coefficient (Wildman–Crippen LogP) is 3.81. The van der Waals surface area contributed by atoms with Crippen LogP contribution in [-0.2, 0) is 11.3 Å². The van der Waals surface area contributed by atoms with Gasteiger partial charge in [0.1, 0.15) is 0 Å². The molecule has 0 spiro atoms. The maximum Gasteiger partial charge on any atom is 0.236 e. The van der Waals surface area contributed by atoms with E-state index in [1.807, 2.05) is 41.1 Å². The first-order chi connectivity index (χ1) is 11.7. The van der Waals surface area contributed by atoms with Crippen molar-refractivity contribution in [2.24, 2.45) is 0 Å². The van der Waals surface area contributed by atoms with E-state index in [-0.39, 0.29) is 11.7 Å². The van der Waals surface area contributed by atoms with Crippen molar-refractivity contribution >= 4 is 45.7 Å². The summed E-state index contributed by atoms with van der Waals surface area (Å²) in [6.45, 7) is 2.73. The van der Waals surface area contributed by atoms with E-state index in [0.717, 1.165) is 11.4 Å². The molecule has 1 aromatic carbocycles. The Morgan fingerprint density at radius 3 is 2.79 bits per heavy atom. The van der Waals surface area contributed by atoms with Gasteiger partial charge in [0.25, 0.3) is 0 Å². The molecule has 1 amide bonds. The Hall–Kier alpha value is -1.90. The molecule has 2 heterocycles. The first-order valence-corrected chi connectivity index (χ1v) is 9.43. The molecule has 0 unspecified atom stereocenters. The molecule has 3 rings (SSSR count). The summed E-state index contributed by atoms with van der Waals surface area (Å²) < 4.78 is 1.98. The minimum atomic E-state index is -0.117. The number of hydrogen-bond donors (Lipinski definition) is 1. The molecule has 0 radical (unpaired) electrons. The normalized spacial score (nSPS) is 10.8. The van der Waals surface area contributed by atoms with Gasteiger partial charge < -0.3 is 9.88 Å². The van der Waals surface area contributed by atoms with E-state index < -0.39 is 0 Å². The lowest BCUT2D eigenvalue weighted by atomic mass is 10.2. The fraction of sp³-hybridized carbons (Fsp3) is 0.200. The van der Waals surface area contributed by atoms with Crippen LogP contribution in [0.3, 0.4) is 0 Å². The summed E-state index contributed by atoms with van der Waals surface area (Å²) in [4.78, 5) is 16.0. The second-order valence-electron chi connectivity index (χ2n) is 4.73. The molecule has 3 aromatic rings. The Labute approximate surface area is 152 Å². The number of hydrogen-bond acceptors (Lipinski definition) is 6. The summed E-state index contributed by atoms with van der Waals surface area (Å²) >= 11 is 8.66. The zero-order chi connectivity index (χ0) is 16.9. The van der Waals surface area contributed by atoms with Crippen molar-refractivity contribution < 1.29 is 4.79 Å². The third-order valence-corrected chi connectivity index (χ3v) is 5.05. The van der Waals surface area contributed by atoms with Gasteiger partial charge in [-0.15, -0.1) is 21.5 Å². The van der Waals surface area contributed by atoms with E-state index in [9.17, 15) is 4.79 Å². The van der Waals surface area contributed by atoms with E-state index in [1.54, 1.807) is 6.20 Å². The van der Waals surface area contributed by atoms with Crippen molar-refractivity contribution in [3.8, 4) is 11.4 Å². The Bertz CT molecular complexity index is 817. The Kier molecular flexibility index (Phi) is 5.49. The van der Waals surface area contributed by atoms with Crippen LogP contribution in [0, 0.1) is 0 Å². The van der Waals surface area contributed by atoms with Gasteiger partial charge >= 0.3 is 0 Å². The lowest BCUT2D eigenvalue weighted by Crippen LogP contribution is -2.14. The highest BCUT2D eigenvalue weighted by molar-refractivity contribution is 7.99. The van der Waals surface area contributed by atoms with Crippen LogP contribution in [0.2, 0.25) is 5.02 Å². The minimum absolute atomic E-state index is 0.117. The smallest absolute Gasteiger partial charge is 0.236 e. The summed E-state index contributed by atoms with van der Waals surface area (Å²) in [6, 6.07) is 7.45. The zero-order valence-electron chi connectivity index (χ0n) is 12.8. The van der Waals surface area contributed by atoms with Crippen LogP contribution in [0.25, 0.3) is 11.4 Å². The van der Waals surface area contributed by atoms with Crippen molar-refractivity contribution in [3.63, 3.8) is 0 Å². The molecule has 0 atom stereocenters. The van der Waals surface area contributed by atoms with Crippen molar-refractivity contribution in [2.45, 2.75) is 18.6 Å². The Balaban J connectivity index is 1.70. The van der Waals surface area contributed by atoms with Crippen molar-refractivity contribution in [2.75, 3.05) is 11.1 Å². The minimum Gasteiger partial charge on any atom is -0.302 e. The van der Waals surface area contributed by atoms with Gasteiger partial charge in [-0.3, -0.25) is 4.79 Å². The van der Waals surface area contributed by atoms with Gasteiger partial charge in [-0.2, -0.15) is 0 Å². The third-order valence-electron chi connectivity index (χ3n) is 3.15. The molecule has 0 bridgehead atoms. The highest BCUT2D eigenvalue weighted by Gasteiger charge is 2.15. The molecule has 124 valence electrons. The number of amides is 1. The van der Waals surface area contributed by atoms with Crippen molar-refractivity contribution in [1.29, 1.82) is 0 Å². The standard InChI is InChI=1S/C15H14ClN5OS2/c1-2-21-13(10-3-5-11(16)6-4-10)19-20-15(21)24-9-12(22)18-14-17-7-8-23-14/h3-8H,2,9H2,1H3,(H,17,18,22). The summed E-state index contributed by atoms with van der Waals surface area (Å²) in [6.07, 6.45) is 1.65. The molecule has 1 N–H and O–H groups in total. The average molecular weight is 380 g/mol. The Morgan fingerprint density at radius 2 is 2.12 bits per heavy atom. The maximum atomic E-state index is 12.0. The number of benzene rings is 1. The summed E-state index contributed by atoms with van der Waals surface area (Å²) in [5.74, 6) is 0.892. The molecule has 2 aromatic heterocycles. The highest BCUT2D eigenvalue weighted by atomic mass is 35.5. The van der Waals surface area contributed by atoms with Crippen LogP contribution < -0.4 is 5.32 Å². The van der Waals surface area contributed by atoms with Gasteiger partial charge in [0.15, 0.2) is 16.1 Å². The maximum absolute atomic E-state index is 12.0. The number of anilines is 1. The van der Waals surface area contributed by atoms with Crippen LogP contribution >= 0.6 is 34.7 Å². The second kappa shape index (κ2) is 7.78. The van der Waals surface area contributed by atoms with Crippen LogP contribution in [0.5, 0.6) is 0 Å². The average Bonchev–Trinajstić information content (AvgIpc) is 3.22. The lowest BCUT2D eigenvalue weighted by molar-refractivity contribution is -0.113. The van der Waals surface area contributed by atoms with E-state index >= 15 is 0 Å². The quantitative estimate of drug-likeness (QED) is 0.659. The van der Waals surface area contributed by atoms with Crippen molar-refractivity contribution in [1.82, 2.24) is 19.7 Å².